The number of rotatable bonds is 4. The Morgan fingerprint density at radius 1 is 1.20 bits per heavy atom. The molecule has 0 amide bonds. The Labute approximate surface area is 93.9 Å². The van der Waals surface area contributed by atoms with Crippen LogP contribution >= 0.6 is 0 Å². The Kier molecular flexibility index (Phi) is 5.77. The molecule has 0 spiro atoms. The van der Waals surface area contributed by atoms with Crippen molar-refractivity contribution in [1.82, 2.24) is 4.90 Å². The molecule has 0 bridgehead atoms. The molecule has 0 unspecified atom stereocenters. The summed E-state index contributed by atoms with van der Waals surface area (Å²) in [4.78, 5) is 2.29. The van der Waals surface area contributed by atoms with E-state index in [9.17, 15) is 0 Å². The lowest BCUT2D eigenvalue weighted by Gasteiger charge is -2.32. The summed E-state index contributed by atoms with van der Waals surface area (Å²) in [6.07, 6.45) is 1.10. The molecule has 1 aliphatic rings. The van der Waals surface area contributed by atoms with Gasteiger partial charge in [0.1, 0.15) is 0 Å². The van der Waals surface area contributed by atoms with E-state index in [0.29, 0.717) is 13.2 Å². The number of likely N-dealkylation sites (N-methyl/N-ethyl adjacent to an activating group) is 1. The van der Waals surface area contributed by atoms with Gasteiger partial charge in [-0.1, -0.05) is 0 Å². The van der Waals surface area contributed by atoms with Crippen LogP contribution in [0.3, 0.4) is 0 Å². The van der Waals surface area contributed by atoms with E-state index in [1.807, 2.05) is 13.8 Å². The van der Waals surface area contributed by atoms with Gasteiger partial charge in [0.2, 0.25) is 0 Å². The first-order chi connectivity index (χ1) is 7.22. The van der Waals surface area contributed by atoms with Crippen LogP contribution in [0.15, 0.2) is 0 Å². The largest absolute Gasteiger partial charge is 0.501 e. The summed E-state index contributed by atoms with van der Waals surface area (Å²) in [5.74, 6) is 0. The van der Waals surface area contributed by atoms with Crippen molar-refractivity contribution in [2.45, 2.75) is 26.3 Å². The van der Waals surface area contributed by atoms with Crippen molar-refractivity contribution in [3.8, 4) is 0 Å². The molecule has 0 saturated carbocycles. The summed E-state index contributed by atoms with van der Waals surface area (Å²) in [5, 5.41) is 0. The van der Waals surface area contributed by atoms with Crippen LogP contribution in [-0.2, 0) is 13.3 Å². The Balaban J connectivity index is 2.52. The minimum Gasteiger partial charge on any atom is -0.374 e. The van der Waals surface area contributed by atoms with Crippen molar-refractivity contribution in [1.29, 1.82) is 0 Å². The Morgan fingerprint density at radius 3 is 2.47 bits per heavy atom. The van der Waals surface area contributed by atoms with Crippen LogP contribution in [0.1, 0.15) is 20.3 Å². The maximum absolute atomic E-state index is 5.87. The minimum atomic E-state index is -2.32. The zero-order chi connectivity index (χ0) is 11.1. The summed E-state index contributed by atoms with van der Waals surface area (Å²) >= 11 is 0. The monoisotopic (exact) mass is 233 g/mol. The van der Waals surface area contributed by atoms with Gasteiger partial charge in [0.25, 0.3) is 0 Å². The first kappa shape index (κ1) is 13.1. The topological polar surface area (TPSA) is 30.9 Å². The van der Waals surface area contributed by atoms with E-state index >= 15 is 0 Å². The second-order valence-electron chi connectivity index (χ2n) is 3.80. The highest BCUT2D eigenvalue weighted by Crippen LogP contribution is 2.19. The standard InChI is InChI=1S/C10H23NO3Si/c1-4-12-15(13-5-2)10-6-7-11(3)8-9-14-15/h4-10H2,1-3H3. The molecule has 5 heteroatoms. The number of nitrogens with zero attached hydrogens (tertiary/aromatic N) is 1. The van der Waals surface area contributed by atoms with Crippen LogP contribution in [-0.4, -0.2) is 53.7 Å². The molecule has 0 aromatic carbocycles. The summed E-state index contributed by atoms with van der Waals surface area (Å²) in [6, 6.07) is 0.943. The SMILES string of the molecule is CCO[Si]1(OCC)CCCN(C)CCO1. The molecule has 4 nitrogen and oxygen atoms in total. The molecule has 1 fully saturated rings. The molecule has 0 aliphatic carbocycles. The summed E-state index contributed by atoms with van der Waals surface area (Å²) in [5.41, 5.74) is 0. The van der Waals surface area contributed by atoms with Crippen molar-refractivity contribution in [3.63, 3.8) is 0 Å². The predicted molar refractivity (Wildman–Crippen MR) is 61.9 cm³/mol. The van der Waals surface area contributed by atoms with Crippen LogP contribution in [0.2, 0.25) is 6.04 Å². The Hall–Kier alpha value is 0.0569. The average Bonchev–Trinajstić information content (AvgIpc) is 2.16. The highest BCUT2D eigenvalue weighted by Gasteiger charge is 2.40. The fourth-order valence-electron chi connectivity index (χ4n) is 1.82. The van der Waals surface area contributed by atoms with Gasteiger partial charge in [-0.15, -0.1) is 0 Å². The zero-order valence-corrected chi connectivity index (χ0v) is 11.1. The fraction of sp³-hybridized carbons (Fsp3) is 1.00. The van der Waals surface area contributed by atoms with Gasteiger partial charge in [-0.05, 0) is 33.9 Å². The smallest absolute Gasteiger partial charge is 0.374 e. The van der Waals surface area contributed by atoms with Gasteiger partial charge in [-0.25, -0.2) is 0 Å². The fourth-order valence-corrected chi connectivity index (χ4v) is 4.37. The van der Waals surface area contributed by atoms with Crippen molar-refractivity contribution >= 4 is 8.80 Å². The zero-order valence-electron chi connectivity index (χ0n) is 10.1. The lowest BCUT2D eigenvalue weighted by atomic mass is 10.4. The highest BCUT2D eigenvalue weighted by molar-refractivity contribution is 6.60. The van der Waals surface area contributed by atoms with Gasteiger partial charge in [0, 0.05) is 25.8 Å². The molecular weight excluding hydrogens is 210 g/mol. The quantitative estimate of drug-likeness (QED) is 0.686. The summed E-state index contributed by atoms with van der Waals surface area (Å²) in [7, 11) is -0.197. The molecule has 0 aromatic heterocycles. The molecule has 15 heavy (non-hydrogen) atoms. The lowest BCUT2D eigenvalue weighted by Crippen LogP contribution is -2.49. The molecule has 0 aromatic rings. The molecule has 0 atom stereocenters. The summed E-state index contributed by atoms with van der Waals surface area (Å²) < 4.78 is 17.4. The van der Waals surface area contributed by atoms with Gasteiger partial charge in [0.15, 0.2) is 0 Å². The van der Waals surface area contributed by atoms with Crippen LogP contribution in [0.5, 0.6) is 0 Å². The van der Waals surface area contributed by atoms with Gasteiger partial charge in [-0.2, -0.15) is 0 Å². The Morgan fingerprint density at radius 2 is 1.87 bits per heavy atom. The van der Waals surface area contributed by atoms with Gasteiger partial charge >= 0.3 is 8.80 Å². The van der Waals surface area contributed by atoms with Crippen molar-refractivity contribution < 1.29 is 13.3 Å². The normalized spacial score (nSPS) is 23.4. The first-order valence-electron chi connectivity index (χ1n) is 5.83. The van der Waals surface area contributed by atoms with E-state index in [1.165, 1.54) is 0 Å². The van der Waals surface area contributed by atoms with Crippen molar-refractivity contribution in [2.24, 2.45) is 0 Å². The van der Waals surface area contributed by atoms with E-state index in [-0.39, 0.29) is 0 Å². The van der Waals surface area contributed by atoms with Gasteiger partial charge in [-0.3, -0.25) is 0 Å². The molecule has 1 saturated heterocycles. The molecule has 1 heterocycles. The van der Waals surface area contributed by atoms with E-state index < -0.39 is 8.80 Å². The second-order valence-corrected chi connectivity index (χ2v) is 6.54. The van der Waals surface area contributed by atoms with Crippen LogP contribution in [0, 0.1) is 0 Å². The molecule has 1 rings (SSSR count). The third-order valence-electron chi connectivity index (χ3n) is 2.55. The van der Waals surface area contributed by atoms with Gasteiger partial charge < -0.3 is 18.2 Å². The van der Waals surface area contributed by atoms with E-state index in [2.05, 4.69) is 11.9 Å². The molecule has 1 aliphatic heterocycles. The average molecular weight is 233 g/mol. The van der Waals surface area contributed by atoms with Gasteiger partial charge in [0.05, 0.1) is 6.61 Å². The lowest BCUT2D eigenvalue weighted by molar-refractivity contribution is 0.0529. The van der Waals surface area contributed by atoms with E-state index in [4.69, 9.17) is 13.3 Å². The number of hydrogen-bond acceptors (Lipinski definition) is 4. The Bertz CT molecular complexity index is 162. The molecular formula is C10H23NO3Si. The number of hydrogen-bond donors (Lipinski definition) is 0. The molecule has 90 valence electrons. The van der Waals surface area contributed by atoms with Crippen LogP contribution < -0.4 is 0 Å². The predicted octanol–water partition coefficient (Wildman–Crippen LogP) is 1.35. The first-order valence-corrected chi connectivity index (χ1v) is 7.76. The van der Waals surface area contributed by atoms with E-state index in [0.717, 1.165) is 32.2 Å². The maximum atomic E-state index is 5.87. The third-order valence-corrected chi connectivity index (χ3v) is 5.61. The molecule has 0 N–H and O–H groups in total. The maximum Gasteiger partial charge on any atom is 0.501 e. The van der Waals surface area contributed by atoms with Crippen molar-refractivity contribution in [3.05, 3.63) is 0 Å². The van der Waals surface area contributed by atoms with Crippen molar-refractivity contribution in [2.75, 3.05) is 40.0 Å². The minimum absolute atomic E-state index is 0.683. The molecule has 0 radical (unpaired) electrons. The van der Waals surface area contributed by atoms with Crippen LogP contribution in [0.4, 0.5) is 0 Å². The van der Waals surface area contributed by atoms with Crippen LogP contribution in [0.25, 0.3) is 0 Å². The summed E-state index contributed by atoms with van der Waals surface area (Å²) in [6.45, 7) is 8.17. The highest BCUT2D eigenvalue weighted by atomic mass is 28.4. The van der Waals surface area contributed by atoms with E-state index in [1.54, 1.807) is 0 Å². The second kappa shape index (κ2) is 6.60. The third kappa shape index (κ3) is 4.20.